The molecule has 0 aromatic heterocycles. The Morgan fingerprint density at radius 3 is 0.863 bits per heavy atom. The Hall–Kier alpha value is -9.91. The van der Waals surface area contributed by atoms with Crippen LogP contribution in [0.4, 0.5) is 0 Å². The third kappa shape index (κ3) is 14.3. The maximum atomic E-state index is 14.2. The van der Waals surface area contributed by atoms with Gasteiger partial charge >= 0.3 is 29.8 Å². The van der Waals surface area contributed by atoms with Crippen molar-refractivity contribution in [3.05, 3.63) is 323 Å². The predicted molar refractivity (Wildman–Crippen MR) is 351 cm³/mol. The summed E-state index contributed by atoms with van der Waals surface area (Å²) in [5.74, 6) is -6.79. The monoisotopic (exact) mass is 1280 g/mol. The predicted octanol–water partition coefficient (Wildman–Crippen LogP) is 12.5. The zero-order valence-electron chi connectivity index (χ0n) is 53.3. The summed E-state index contributed by atoms with van der Waals surface area (Å²) < 4.78 is 76.1. The normalized spacial score (nSPS) is 21.1. The van der Waals surface area contributed by atoms with Crippen LogP contribution in [0.1, 0.15) is 84.7 Å². The number of hydrogen-bond acceptors (Lipinski definition) is 16. The van der Waals surface area contributed by atoms with Crippen molar-refractivity contribution < 1.29 is 76.1 Å². The fraction of sp³-hybridized carbons (Fsp3) is 0.253. The van der Waals surface area contributed by atoms with Gasteiger partial charge in [-0.3, -0.25) is 24.0 Å². The Bertz CT molecular complexity index is 3670. The van der Waals surface area contributed by atoms with E-state index in [-0.39, 0.29) is 0 Å². The molecular weight excluding hydrogens is 1200 g/mol. The van der Waals surface area contributed by atoms with Gasteiger partial charge in [0, 0.05) is 34.6 Å². The van der Waals surface area contributed by atoms with Gasteiger partial charge in [0.15, 0.2) is 30.5 Å². The Balaban J connectivity index is 1.12. The van der Waals surface area contributed by atoms with E-state index < -0.39 is 121 Å². The van der Waals surface area contributed by atoms with Crippen LogP contribution in [0.25, 0.3) is 0 Å². The Labute approximate surface area is 552 Å². The van der Waals surface area contributed by atoms with Gasteiger partial charge in [-0.1, -0.05) is 273 Å². The number of benzene rings is 9. The summed E-state index contributed by atoms with van der Waals surface area (Å²) in [7, 11) is 0. The summed E-state index contributed by atoms with van der Waals surface area (Å²) in [6, 6.07) is 85.7. The molecule has 0 spiro atoms. The zero-order chi connectivity index (χ0) is 66.4. The summed E-state index contributed by atoms with van der Waals surface area (Å²) in [6.45, 7) is 4.25. The average molecular weight is 1280 g/mol. The van der Waals surface area contributed by atoms with Crippen LogP contribution < -0.4 is 0 Å². The molecule has 1 unspecified atom stereocenters. The molecule has 2 aliphatic heterocycles. The maximum Gasteiger partial charge on any atom is 0.303 e. The summed E-state index contributed by atoms with van der Waals surface area (Å²) in [6.07, 6.45) is -13.4. The molecule has 2 aliphatic rings. The zero-order valence-corrected chi connectivity index (χ0v) is 53.3. The minimum atomic E-state index is -2.55. The van der Waals surface area contributed by atoms with E-state index in [4.69, 9.17) is 52.1 Å². The van der Waals surface area contributed by atoms with Crippen LogP contribution in [-0.2, 0) is 92.9 Å². The highest BCUT2D eigenvalue weighted by atomic mass is 16.8. The molecular formula is C79H74O16. The maximum absolute atomic E-state index is 14.2. The quantitative estimate of drug-likeness (QED) is 0.0298. The van der Waals surface area contributed by atoms with Crippen LogP contribution >= 0.6 is 0 Å². The van der Waals surface area contributed by atoms with Gasteiger partial charge in [-0.15, -0.1) is 0 Å². The van der Waals surface area contributed by atoms with E-state index in [0.717, 1.165) is 30.5 Å². The van der Waals surface area contributed by atoms with E-state index in [1.54, 1.807) is 0 Å². The van der Waals surface area contributed by atoms with Crippen LogP contribution in [0.2, 0.25) is 0 Å². The minimum absolute atomic E-state index is 0.415. The molecule has 9 aromatic carbocycles. The van der Waals surface area contributed by atoms with Crippen LogP contribution in [0.3, 0.4) is 0 Å². The topological polar surface area (TPSA) is 187 Å². The number of carbonyl (C=O) groups is 5. The first-order valence-corrected chi connectivity index (χ1v) is 31.5. The molecule has 0 radical (unpaired) electrons. The number of carbonyl (C=O) groups excluding carboxylic acids is 5. The van der Waals surface area contributed by atoms with E-state index in [0.29, 0.717) is 33.4 Å². The molecule has 11 rings (SSSR count). The first-order chi connectivity index (χ1) is 46.2. The fourth-order valence-electron chi connectivity index (χ4n) is 13.1. The molecule has 2 saturated heterocycles. The Morgan fingerprint density at radius 1 is 0.316 bits per heavy atom. The number of rotatable bonds is 25. The smallest absolute Gasteiger partial charge is 0.303 e. The summed E-state index contributed by atoms with van der Waals surface area (Å²) in [5, 5.41) is 0. The first kappa shape index (κ1) is 66.5. The third-order valence-corrected chi connectivity index (χ3v) is 16.9. The van der Waals surface area contributed by atoms with Gasteiger partial charge in [0.25, 0.3) is 0 Å². The van der Waals surface area contributed by atoms with Crippen molar-refractivity contribution in [2.24, 2.45) is 0 Å². The second-order valence-electron chi connectivity index (χ2n) is 23.2. The molecule has 9 atom stereocenters. The lowest BCUT2D eigenvalue weighted by molar-refractivity contribution is -0.390. The lowest BCUT2D eigenvalue weighted by Gasteiger charge is -2.48. The highest BCUT2D eigenvalue weighted by Gasteiger charge is 2.65. The summed E-state index contributed by atoms with van der Waals surface area (Å²) >= 11 is 0. The van der Waals surface area contributed by atoms with Gasteiger partial charge in [0.1, 0.15) is 35.6 Å². The molecule has 0 amide bonds. The summed E-state index contributed by atoms with van der Waals surface area (Å²) in [4.78, 5) is 69.3. The van der Waals surface area contributed by atoms with Gasteiger partial charge in [0.05, 0.1) is 13.2 Å². The summed E-state index contributed by atoms with van der Waals surface area (Å²) in [5.41, 5.74) is 1.86. The van der Waals surface area contributed by atoms with Crippen LogP contribution in [0, 0.1) is 0 Å². The molecule has 0 aliphatic carbocycles. The molecule has 9 aromatic rings. The van der Waals surface area contributed by atoms with E-state index in [2.05, 4.69) is 0 Å². The molecule has 0 N–H and O–H groups in total. The van der Waals surface area contributed by atoms with Crippen molar-refractivity contribution in [1.82, 2.24) is 0 Å². The Kier molecular flexibility index (Phi) is 21.0. The van der Waals surface area contributed by atoms with Crippen LogP contribution in [0.5, 0.6) is 0 Å². The van der Waals surface area contributed by atoms with Crippen molar-refractivity contribution in [3.63, 3.8) is 0 Å². The molecule has 0 saturated carbocycles. The number of hydrogen-bond donors (Lipinski definition) is 0. The van der Waals surface area contributed by atoms with Gasteiger partial charge in [-0.2, -0.15) is 0 Å². The standard InChI is InChI=1S/C79H74O16/c1-54(80)88-70-68(51-85-77(59-33-15-6-16-34-59,60-35-17-7-18-36-60)61-37-19-8-20-38-61)93-75(73(91-57(4)83)72(70)90-56(3)82)95-76(53-87-79(65-45-27-12-28-46-65,66-47-29-13-30-48-66)67-49-31-14-32-50-67)74(92-58(5)84)71(89-55(2)81)69(94-76)52-86-78(62-39-21-9-22-40-62,63-41-23-10-24-42-63)64-43-25-11-26-44-64/h6-50,68-75H,51-53H2,1-5H3/t68-,69+,70+,71+,72-,73?,74-,75+,76-/m0/s1. The molecule has 95 heavy (non-hydrogen) atoms. The Morgan fingerprint density at radius 2 is 0.568 bits per heavy atom. The van der Waals surface area contributed by atoms with Gasteiger partial charge in [-0.05, 0) is 50.1 Å². The van der Waals surface area contributed by atoms with Crippen molar-refractivity contribution in [2.75, 3.05) is 19.8 Å². The SMILES string of the molecule is CC(=O)OC1[C@@H](O[C@]2(COC(c3ccccc3)(c3ccccc3)c3ccccc3)O[C@H](COC(c3ccccc3)(c3ccccc3)c3ccccc3)[C@@H](OC(C)=O)[C@@H]2OC(C)=O)O[C@@H](COC(c2ccccc2)(c2ccccc2)c2ccccc2)[C@@H](OC(C)=O)[C@@H]1OC(C)=O. The fourth-order valence-corrected chi connectivity index (χ4v) is 13.1. The second-order valence-corrected chi connectivity index (χ2v) is 23.2. The van der Waals surface area contributed by atoms with E-state index >= 15 is 0 Å². The average Bonchev–Trinajstić information content (AvgIpc) is 1.54. The highest BCUT2D eigenvalue weighted by molar-refractivity contribution is 5.69. The van der Waals surface area contributed by atoms with Gasteiger partial charge in [-0.25, -0.2) is 0 Å². The lowest BCUT2D eigenvalue weighted by atomic mass is 9.80. The molecule has 0 bridgehead atoms. The van der Waals surface area contributed by atoms with Crippen LogP contribution in [-0.4, -0.2) is 104 Å². The van der Waals surface area contributed by atoms with Crippen LogP contribution in [0.15, 0.2) is 273 Å². The molecule has 2 heterocycles. The molecule has 16 heteroatoms. The van der Waals surface area contributed by atoms with Crippen molar-refractivity contribution in [3.8, 4) is 0 Å². The second kappa shape index (κ2) is 30.0. The van der Waals surface area contributed by atoms with Crippen molar-refractivity contribution >= 4 is 29.8 Å². The van der Waals surface area contributed by atoms with Gasteiger partial charge < -0.3 is 52.1 Å². The van der Waals surface area contributed by atoms with E-state index in [1.165, 1.54) is 20.8 Å². The number of ether oxygens (including phenoxy) is 11. The highest BCUT2D eigenvalue weighted by Crippen LogP contribution is 2.49. The van der Waals surface area contributed by atoms with Crippen molar-refractivity contribution in [2.45, 2.75) is 106 Å². The third-order valence-electron chi connectivity index (χ3n) is 16.9. The minimum Gasteiger partial charge on any atom is -0.456 e. The largest absolute Gasteiger partial charge is 0.456 e. The van der Waals surface area contributed by atoms with E-state index in [9.17, 15) is 24.0 Å². The van der Waals surface area contributed by atoms with E-state index in [1.807, 2.05) is 273 Å². The van der Waals surface area contributed by atoms with Gasteiger partial charge in [0.2, 0.25) is 12.1 Å². The molecule has 486 valence electrons. The lowest BCUT2D eigenvalue weighted by Crippen LogP contribution is -2.66. The van der Waals surface area contributed by atoms with Crippen molar-refractivity contribution in [1.29, 1.82) is 0 Å². The molecule has 16 nitrogen and oxygen atoms in total. The first-order valence-electron chi connectivity index (χ1n) is 31.5. The number of esters is 5. The molecule has 2 fully saturated rings.